The van der Waals surface area contributed by atoms with E-state index in [0.717, 1.165) is 0 Å². The highest BCUT2D eigenvalue weighted by Crippen LogP contribution is 2.21. The molecule has 0 amide bonds. The monoisotopic (exact) mass is 191 g/mol. The summed E-state index contributed by atoms with van der Waals surface area (Å²) in [5.41, 5.74) is 0. The Morgan fingerprint density at radius 1 is 1.62 bits per heavy atom. The summed E-state index contributed by atoms with van der Waals surface area (Å²) >= 11 is 0. The average molecular weight is 191 g/mol. The molecule has 13 heavy (non-hydrogen) atoms. The van der Waals surface area contributed by atoms with Gasteiger partial charge in [-0.25, -0.2) is 10.7 Å². The number of aliphatic hydroxyl groups excluding tert-OH is 3. The molecule has 1 heterocycles. The number of ether oxygens (including phenoxy) is 1. The molecule has 1 aliphatic rings. The first-order valence-corrected chi connectivity index (χ1v) is 3.40. The SMILES string of the molecule is NOC[C@@H](O)[C@H]1OC(=O)C(O)=C1O. The number of hydrogen-bond donors (Lipinski definition) is 4. The minimum Gasteiger partial charge on any atom is -0.505 e. The molecule has 5 N–H and O–H groups in total. The Morgan fingerprint density at radius 3 is 2.62 bits per heavy atom. The number of hydrogen-bond acceptors (Lipinski definition) is 7. The summed E-state index contributed by atoms with van der Waals surface area (Å²) in [7, 11) is 0. The predicted octanol–water partition coefficient (Wildman–Crippen LogP) is -1.51. The Balaban J connectivity index is 2.70. The molecule has 0 unspecified atom stereocenters. The largest absolute Gasteiger partial charge is 0.505 e. The van der Waals surface area contributed by atoms with Gasteiger partial charge in [0.25, 0.3) is 0 Å². The van der Waals surface area contributed by atoms with E-state index in [2.05, 4.69) is 15.5 Å². The third kappa shape index (κ3) is 1.72. The van der Waals surface area contributed by atoms with Crippen LogP contribution in [0.15, 0.2) is 11.5 Å². The summed E-state index contributed by atoms with van der Waals surface area (Å²) in [5, 5.41) is 27.0. The van der Waals surface area contributed by atoms with Gasteiger partial charge < -0.3 is 24.9 Å². The van der Waals surface area contributed by atoms with Gasteiger partial charge in [0.15, 0.2) is 11.9 Å². The van der Waals surface area contributed by atoms with Crippen molar-refractivity contribution in [1.29, 1.82) is 0 Å². The van der Waals surface area contributed by atoms with E-state index >= 15 is 0 Å². The molecular weight excluding hydrogens is 182 g/mol. The van der Waals surface area contributed by atoms with Gasteiger partial charge >= 0.3 is 5.97 Å². The maximum atomic E-state index is 10.6. The van der Waals surface area contributed by atoms with E-state index < -0.39 is 29.7 Å². The van der Waals surface area contributed by atoms with Gasteiger partial charge in [-0.15, -0.1) is 0 Å². The van der Waals surface area contributed by atoms with Crippen molar-refractivity contribution in [3.8, 4) is 0 Å². The number of carbonyl (C=O) groups is 1. The standard InChI is InChI=1S/C6H9NO6/c7-12-1-2(8)5-3(9)4(10)6(11)13-5/h2,5,8-10H,1,7H2/t2-,5-/m1/s1. The van der Waals surface area contributed by atoms with Gasteiger partial charge in [0.05, 0.1) is 6.61 Å². The number of nitrogens with two attached hydrogens (primary N) is 1. The molecule has 0 fully saturated rings. The van der Waals surface area contributed by atoms with Crippen LogP contribution in [0.2, 0.25) is 0 Å². The van der Waals surface area contributed by atoms with Crippen molar-refractivity contribution in [3.05, 3.63) is 11.5 Å². The lowest BCUT2D eigenvalue weighted by molar-refractivity contribution is -0.148. The van der Waals surface area contributed by atoms with Crippen LogP contribution >= 0.6 is 0 Å². The summed E-state index contributed by atoms with van der Waals surface area (Å²) in [6.45, 7) is -0.324. The van der Waals surface area contributed by atoms with E-state index in [1.54, 1.807) is 0 Å². The molecule has 0 aromatic heterocycles. The topological polar surface area (TPSA) is 122 Å². The minimum absolute atomic E-state index is 0.324. The molecule has 0 aliphatic carbocycles. The number of cyclic esters (lactones) is 1. The van der Waals surface area contributed by atoms with E-state index in [1.807, 2.05) is 0 Å². The molecule has 1 rings (SSSR count). The molecule has 0 spiro atoms. The lowest BCUT2D eigenvalue weighted by Gasteiger charge is -2.15. The van der Waals surface area contributed by atoms with E-state index in [1.165, 1.54) is 0 Å². The van der Waals surface area contributed by atoms with E-state index in [-0.39, 0.29) is 6.61 Å². The van der Waals surface area contributed by atoms with Crippen LogP contribution in [0.1, 0.15) is 0 Å². The number of rotatable bonds is 3. The molecule has 0 saturated heterocycles. The number of aliphatic hydroxyl groups is 3. The lowest BCUT2D eigenvalue weighted by Crippen LogP contribution is -2.33. The zero-order chi connectivity index (χ0) is 10.0. The molecule has 0 radical (unpaired) electrons. The van der Waals surface area contributed by atoms with Crippen molar-refractivity contribution in [2.45, 2.75) is 12.2 Å². The zero-order valence-corrected chi connectivity index (χ0v) is 6.51. The van der Waals surface area contributed by atoms with Crippen LogP contribution in [0.3, 0.4) is 0 Å². The molecule has 0 bridgehead atoms. The second-order valence-electron chi connectivity index (χ2n) is 2.46. The average Bonchev–Trinajstić information content (AvgIpc) is 2.33. The van der Waals surface area contributed by atoms with Gasteiger partial charge in [0.1, 0.15) is 6.10 Å². The van der Waals surface area contributed by atoms with Gasteiger partial charge in [-0.05, 0) is 0 Å². The number of carbonyl (C=O) groups excluding carboxylic acids is 1. The van der Waals surface area contributed by atoms with Crippen LogP contribution in [-0.4, -0.2) is 40.1 Å². The summed E-state index contributed by atoms with van der Waals surface area (Å²) in [6.07, 6.45) is -2.62. The normalized spacial score (nSPS) is 24.8. The fourth-order valence-electron chi connectivity index (χ4n) is 0.913. The molecule has 1 aliphatic heterocycles. The van der Waals surface area contributed by atoms with Crippen LogP contribution < -0.4 is 5.90 Å². The van der Waals surface area contributed by atoms with Gasteiger partial charge in [-0.2, -0.15) is 0 Å². The Kier molecular flexibility index (Phi) is 2.71. The molecule has 7 nitrogen and oxygen atoms in total. The summed E-state index contributed by atoms with van der Waals surface area (Å²) < 4.78 is 4.40. The summed E-state index contributed by atoms with van der Waals surface area (Å²) in [5.74, 6) is 1.95. The lowest BCUT2D eigenvalue weighted by atomic mass is 10.2. The third-order valence-corrected chi connectivity index (χ3v) is 1.56. The van der Waals surface area contributed by atoms with Crippen LogP contribution in [0.4, 0.5) is 0 Å². The highest BCUT2D eigenvalue weighted by Gasteiger charge is 2.39. The third-order valence-electron chi connectivity index (χ3n) is 1.56. The Hall–Kier alpha value is -1.31. The van der Waals surface area contributed by atoms with Crippen LogP contribution in [0, 0.1) is 0 Å². The van der Waals surface area contributed by atoms with E-state index in [9.17, 15) is 4.79 Å². The van der Waals surface area contributed by atoms with Gasteiger partial charge in [0.2, 0.25) is 5.76 Å². The highest BCUT2D eigenvalue weighted by molar-refractivity contribution is 5.89. The van der Waals surface area contributed by atoms with Gasteiger partial charge in [-0.1, -0.05) is 0 Å². The van der Waals surface area contributed by atoms with Crippen molar-refractivity contribution >= 4 is 5.97 Å². The van der Waals surface area contributed by atoms with Crippen molar-refractivity contribution in [2.24, 2.45) is 5.90 Å². The van der Waals surface area contributed by atoms with Crippen molar-refractivity contribution < 1.29 is 29.7 Å². The van der Waals surface area contributed by atoms with Crippen LogP contribution in [-0.2, 0) is 14.4 Å². The molecule has 0 saturated carbocycles. The van der Waals surface area contributed by atoms with Gasteiger partial charge in [0, 0.05) is 0 Å². The van der Waals surface area contributed by atoms with Crippen molar-refractivity contribution in [1.82, 2.24) is 0 Å². The predicted molar refractivity (Wildman–Crippen MR) is 38.3 cm³/mol. The van der Waals surface area contributed by atoms with Crippen LogP contribution in [0.25, 0.3) is 0 Å². The second kappa shape index (κ2) is 3.60. The fraction of sp³-hybridized carbons (Fsp3) is 0.500. The fourth-order valence-corrected chi connectivity index (χ4v) is 0.913. The van der Waals surface area contributed by atoms with E-state index in [4.69, 9.17) is 15.3 Å². The molecular formula is C6H9NO6. The maximum Gasteiger partial charge on any atom is 0.377 e. The maximum absolute atomic E-state index is 10.6. The second-order valence-corrected chi connectivity index (χ2v) is 2.46. The summed E-state index contributed by atoms with van der Waals surface area (Å²) in [4.78, 5) is 14.7. The molecule has 0 aromatic rings. The Morgan fingerprint density at radius 2 is 2.23 bits per heavy atom. The van der Waals surface area contributed by atoms with Gasteiger partial charge in [-0.3, -0.25) is 0 Å². The van der Waals surface area contributed by atoms with Crippen LogP contribution in [0.5, 0.6) is 0 Å². The highest BCUT2D eigenvalue weighted by atomic mass is 16.6. The first kappa shape index (κ1) is 9.78. The molecule has 2 atom stereocenters. The smallest absolute Gasteiger partial charge is 0.377 e. The number of esters is 1. The Bertz CT molecular complexity index is 250. The quantitative estimate of drug-likeness (QED) is 0.316. The first-order chi connectivity index (χ1) is 6.07. The molecule has 7 heteroatoms. The van der Waals surface area contributed by atoms with Crippen molar-refractivity contribution in [2.75, 3.05) is 6.61 Å². The molecule has 0 aromatic carbocycles. The minimum atomic E-state index is -1.31. The van der Waals surface area contributed by atoms with E-state index in [0.29, 0.717) is 0 Å². The first-order valence-electron chi connectivity index (χ1n) is 3.40. The zero-order valence-electron chi connectivity index (χ0n) is 6.51. The van der Waals surface area contributed by atoms with Crippen molar-refractivity contribution in [3.63, 3.8) is 0 Å². The Labute approximate surface area is 72.9 Å². The molecule has 74 valence electrons. The summed E-state index contributed by atoms with van der Waals surface area (Å²) in [6, 6.07) is 0.